The molecule has 8 atom stereocenters. The molecule has 0 unspecified atom stereocenters. The molecule has 0 aromatic rings. The normalized spacial score (nSPS) is 42.2. The Kier molecular flexibility index (Phi) is 7.51. The number of allylic oxidation sites excluding steroid dienone is 1. The number of hydrogen-bond donors (Lipinski definition) is 0. The maximum atomic E-state index is 12.7. The Morgan fingerprint density at radius 2 is 1.74 bits per heavy atom. The van der Waals surface area contributed by atoms with Gasteiger partial charge in [-0.1, -0.05) is 78.4 Å². The lowest BCUT2D eigenvalue weighted by atomic mass is 9.47. The molecule has 5 rings (SSSR count). The fourth-order valence-electron chi connectivity index (χ4n) is 10.2. The number of carbonyl (C=O) groups excluding carboxylic acids is 1. The van der Waals surface area contributed by atoms with Crippen LogP contribution in [0.15, 0.2) is 11.6 Å². The van der Waals surface area contributed by atoms with Crippen molar-refractivity contribution in [1.29, 1.82) is 0 Å². The van der Waals surface area contributed by atoms with Crippen molar-refractivity contribution < 1.29 is 9.53 Å². The third-order valence-corrected chi connectivity index (χ3v) is 12.2. The third kappa shape index (κ3) is 4.79. The summed E-state index contributed by atoms with van der Waals surface area (Å²) in [5.74, 6) is 5.61. The zero-order chi connectivity index (χ0) is 24.8. The van der Waals surface area contributed by atoms with Gasteiger partial charge in [0.1, 0.15) is 6.10 Å². The summed E-state index contributed by atoms with van der Waals surface area (Å²) in [5, 5.41) is 0. The number of ether oxygens (including phenoxy) is 1. The molecule has 0 saturated heterocycles. The van der Waals surface area contributed by atoms with Crippen molar-refractivity contribution in [2.45, 2.75) is 137 Å². The molecule has 4 fully saturated rings. The summed E-state index contributed by atoms with van der Waals surface area (Å²) in [4.78, 5) is 12.7. The maximum Gasteiger partial charge on any atom is 0.309 e. The molecule has 0 N–H and O–H groups in total. The molecule has 0 aliphatic heterocycles. The molecule has 0 amide bonds. The minimum atomic E-state index is 0.110. The molecule has 5 aliphatic rings. The van der Waals surface area contributed by atoms with Crippen LogP contribution in [0.25, 0.3) is 0 Å². The van der Waals surface area contributed by atoms with E-state index in [1.807, 2.05) is 0 Å². The first-order valence-corrected chi connectivity index (χ1v) is 15.6. The average Bonchev–Trinajstić information content (AvgIpc) is 3.47. The smallest absolute Gasteiger partial charge is 0.309 e. The van der Waals surface area contributed by atoms with E-state index in [2.05, 4.69) is 40.7 Å². The van der Waals surface area contributed by atoms with Crippen molar-refractivity contribution >= 4 is 5.97 Å². The summed E-state index contributed by atoms with van der Waals surface area (Å²) in [6, 6.07) is 0. The molecule has 2 nitrogen and oxygen atoms in total. The fraction of sp³-hybridized carbons (Fsp3) is 0.909. The van der Waals surface area contributed by atoms with Crippen LogP contribution in [0.3, 0.4) is 0 Å². The predicted molar refractivity (Wildman–Crippen MR) is 145 cm³/mol. The summed E-state index contributed by atoms with van der Waals surface area (Å²) in [7, 11) is 0. The Balaban J connectivity index is 1.24. The van der Waals surface area contributed by atoms with Crippen LogP contribution < -0.4 is 0 Å². The van der Waals surface area contributed by atoms with Crippen LogP contribution >= 0.6 is 0 Å². The Morgan fingerprint density at radius 1 is 0.971 bits per heavy atom. The van der Waals surface area contributed by atoms with Gasteiger partial charge in [0.15, 0.2) is 0 Å². The molecular weight excluding hydrogens is 428 g/mol. The number of carbonyl (C=O) groups is 1. The van der Waals surface area contributed by atoms with Crippen molar-refractivity contribution in [3.8, 4) is 0 Å². The van der Waals surface area contributed by atoms with E-state index in [9.17, 15) is 4.79 Å². The molecule has 5 aliphatic carbocycles. The molecule has 0 heterocycles. The number of hydrogen-bond acceptors (Lipinski definition) is 2. The third-order valence-electron chi connectivity index (χ3n) is 12.2. The van der Waals surface area contributed by atoms with E-state index in [0.717, 1.165) is 61.2 Å². The Hall–Kier alpha value is -0.790. The van der Waals surface area contributed by atoms with Gasteiger partial charge in [-0.15, -0.1) is 0 Å². The lowest BCUT2D eigenvalue weighted by Crippen LogP contribution is -2.51. The van der Waals surface area contributed by atoms with Gasteiger partial charge >= 0.3 is 5.97 Å². The van der Waals surface area contributed by atoms with Crippen LogP contribution in [0, 0.1) is 52.3 Å². The molecule has 0 aromatic heterocycles. The summed E-state index contributed by atoms with van der Waals surface area (Å²) >= 11 is 0. The molecule has 0 radical (unpaired) electrons. The minimum absolute atomic E-state index is 0.110. The monoisotopic (exact) mass is 482 g/mol. The number of fused-ring (bicyclic) bond motifs is 5. The topological polar surface area (TPSA) is 26.3 Å². The van der Waals surface area contributed by atoms with Crippen LogP contribution in [0.2, 0.25) is 0 Å². The van der Waals surface area contributed by atoms with E-state index >= 15 is 0 Å². The molecule has 0 spiro atoms. The number of rotatable bonds is 7. The summed E-state index contributed by atoms with van der Waals surface area (Å²) in [5.41, 5.74) is 2.56. The Bertz CT molecular complexity index is 791. The van der Waals surface area contributed by atoms with Crippen LogP contribution in [0.1, 0.15) is 131 Å². The Labute approximate surface area is 216 Å². The second-order valence-corrected chi connectivity index (χ2v) is 14.6. The van der Waals surface area contributed by atoms with Crippen molar-refractivity contribution in [2.75, 3.05) is 0 Å². The lowest BCUT2D eigenvalue weighted by Gasteiger charge is -2.58. The maximum absolute atomic E-state index is 12.7. The Morgan fingerprint density at radius 3 is 2.49 bits per heavy atom. The zero-order valence-corrected chi connectivity index (χ0v) is 23.6. The number of esters is 1. The fourth-order valence-corrected chi connectivity index (χ4v) is 10.2. The van der Waals surface area contributed by atoms with Crippen molar-refractivity contribution in [2.24, 2.45) is 52.3 Å². The highest BCUT2D eigenvalue weighted by molar-refractivity contribution is 5.73. The standard InChI is InChI=1S/C33H54O2/c1-22(2)9-8-10-23(3)28-15-16-29-27-14-13-25-21-26(35-31(34)24-11-6-7-12-24)17-19-32(25,4)30(27)18-20-33(28,29)5/h13,22-24,26-30H,6-12,14-21H2,1-5H3/t23-,26+,27-,28+,29-,30-,32+,33+/m1/s1. The molecule has 0 aromatic carbocycles. The first-order valence-electron chi connectivity index (χ1n) is 15.6. The van der Waals surface area contributed by atoms with Gasteiger partial charge in [0.25, 0.3) is 0 Å². The van der Waals surface area contributed by atoms with Crippen LogP contribution in [-0.4, -0.2) is 12.1 Å². The van der Waals surface area contributed by atoms with Crippen LogP contribution in [-0.2, 0) is 9.53 Å². The summed E-state index contributed by atoms with van der Waals surface area (Å²) in [6.45, 7) is 12.6. The lowest BCUT2D eigenvalue weighted by molar-refractivity contribution is -0.156. The highest BCUT2D eigenvalue weighted by Crippen LogP contribution is 2.67. The predicted octanol–water partition coefficient (Wildman–Crippen LogP) is 9.13. The van der Waals surface area contributed by atoms with Gasteiger partial charge in [0, 0.05) is 6.42 Å². The summed E-state index contributed by atoms with van der Waals surface area (Å²) in [6.07, 6.45) is 21.9. The van der Waals surface area contributed by atoms with Gasteiger partial charge in [-0.25, -0.2) is 0 Å². The first kappa shape index (κ1) is 25.8. The quantitative estimate of drug-likeness (QED) is 0.267. The van der Waals surface area contributed by atoms with Gasteiger partial charge in [0.2, 0.25) is 0 Å². The summed E-state index contributed by atoms with van der Waals surface area (Å²) < 4.78 is 6.10. The molecular formula is C33H54O2. The molecule has 0 bridgehead atoms. The van der Waals surface area contributed by atoms with Crippen LogP contribution in [0.5, 0.6) is 0 Å². The van der Waals surface area contributed by atoms with Gasteiger partial charge in [0.05, 0.1) is 5.92 Å². The van der Waals surface area contributed by atoms with E-state index in [1.54, 1.807) is 5.57 Å². The SMILES string of the molecule is CC(C)CCC[C@@H](C)[C@@H]1CC[C@@H]2[C@H]3CC=C4C[C@@H](OC(=O)C5CCCC5)CC[C@]4(C)[C@@H]3CC[C@]21C. The second-order valence-electron chi connectivity index (χ2n) is 14.6. The van der Waals surface area contributed by atoms with Crippen molar-refractivity contribution in [3.63, 3.8) is 0 Å². The minimum Gasteiger partial charge on any atom is -0.462 e. The van der Waals surface area contributed by atoms with Crippen molar-refractivity contribution in [3.05, 3.63) is 11.6 Å². The molecule has 35 heavy (non-hydrogen) atoms. The van der Waals surface area contributed by atoms with Gasteiger partial charge in [-0.3, -0.25) is 4.79 Å². The van der Waals surface area contributed by atoms with E-state index in [4.69, 9.17) is 4.74 Å². The molecule has 4 saturated carbocycles. The highest BCUT2D eigenvalue weighted by Gasteiger charge is 2.59. The highest BCUT2D eigenvalue weighted by atomic mass is 16.5. The van der Waals surface area contributed by atoms with Crippen LogP contribution in [0.4, 0.5) is 0 Å². The van der Waals surface area contributed by atoms with E-state index in [1.165, 1.54) is 70.6 Å². The van der Waals surface area contributed by atoms with Gasteiger partial charge in [-0.05, 0) is 104 Å². The van der Waals surface area contributed by atoms with E-state index in [0.29, 0.717) is 10.8 Å². The largest absolute Gasteiger partial charge is 0.462 e. The van der Waals surface area contributed by atoms with E-state index in [-0.39, 0.29) is 18.0 Å². The zero-order valence-electron chi connectivity index (χ0n) is 23.6. The van der Waals surface area contributed by atoms with E-state index < -0.39 is 0 Å². The molecule has 2 heteroatoms. The van der Waals surface area contributed by atoms with Gasteiger partial charge in [-0.2, -0.15) is 0 Å². The molecule has 198 valence electrons. The van der Waals surface area contributed by atoms with Gasteiger partial charge < -0.3 is 4.74 Å². The van der Waals surface area contributed by atoms with Crippen molar-refractivity contribution in [1.82, 2.24) is 0 Å². The second kappa shape index (κ2) is 10.2. The first-order chi connectivity index (χ1) is 16.7. The average molecular weight is 483 g/mol.